The second-order valence-electron chi connectivity index (χ2n) is 3.94. The van der Waals surface area contributed by atoms with Crippen molar-refractivity contribution >= 4 is 23.6 Å². The fourth-order valence-electron chi connectivity index (χ4n) is 1.62. The van der Waals surface area contributed by atoms with Crippen LogP contribution < -0.4 is 10.6 Å². The monoisotopic (exact) mass is 214 g/mol. The highest BCUT2D eigenvalue weighted by Gasteiger charge is 2.43. The number of carbonyl (C=O) groups is 2. The zero-order valence-corrected chi connectivity index (χ0v) is 8.95. The van der Waals surface area contributed by atoms with E-state index in [0.717, 1.165) is 6.54 Å². The topological polar surface area (TPSA) is 58.2 Å². The van der Waals surface area contributed by atoms with Gasteiger partial charge >= 0.3 is 0 Å². The molecule has 2 amide bonds. The number of nitrogens with one attached hydrogen (secondary N) is 2. The number of hydrogen-bond acceptors (Lipinski definition) is 4. The summed E-state index contributed by atoms with van der Waals surface area (Å²) < 4.78 is 0.339. The smallest absolute Gasteiger partial charge is 0.244 e. The summed E-state index contributed by atoms with van der Waals surface area (Å²) in [6, 6.07) is -0.299. The van der Waals surface area contributed by atoms with E-state index in [-0.39, 0.29) is 17.9 Å². The third-order valence-corrected chi connectivity index (χ3v) is 4.30. The number of hydrogen-bond donors (Lipinski definition) is 2. The predicted octanol–water partition coefficient (Wildman–Crippen LogP) is -0.113. The quantitative estimate of drug-likeness (QED) is 0.641. The van der Waals surface area contributed by atoms with Crippen LogP contribution in [0.5, 0.6) is 0 Å². The van der Waals surface area contributed by atoms with E-state index in [2.05, 4.69) is 16.9 Å². The molecule has 0 radical (unpaired) electrons. The van der Waals surface area contributed by atoms with Crippen LogP contribution in [0, 0.1) is 0 Å². The maximum absolute atomic E-state index is 11.2. The molecule has 1 aliphatic heterocycles. The van der Waals surface area contributed by atoms with Gasteiger partial charge in [0.05, 0.1) is 12.5 Å². The van der Waals surface area contributed by atoms with Gasteiger partial charge in [-0.25, -0.2) is 0 Å². The van der Waals surface area contributed by atoms with E-state index in [9.17, 15) is 9.59 Å². The Balaban J connectivity index is 1.81. The number of thioether (sulfide) groups is 1. The van der Waals surface area contributed by atoms with Crippen LogP contribution in [0.1, 0.15) is 19.3 Å². The Bertz CT molecular complexity index is 276. The summed E-state index contributed by atoms with van der Waals surface area (Å²) in [6.07, 6.45) is 4.81. The lowest BCUT2D eigenvalue weighted by molar-refractivity contribution is -0.125. The van der Waals surface area contributed by atoms with Crippen LogP contribution in [0.15, 0.2) is 0 Å². The van der Waals surface area contributed by atoms with Gasteiger partial charge in [-0.2, -0.15) is 11.8 Å². The van der Waals surface area contributed by atoms with Gasteiger partial charge in [0.2, 0.25) is 11.8 Å². The molecule has 1 aliphatic carbocycles. The molecule has 78 valence electrons. The van der Waals surface area contributed by atoms with E-state index in [1.165, 1.54) is 12.8 Å². The van der Waals surface area contributed by atoms with Gasteiger partial charge in [-0.15, -0.1) is 0 Å². The average molecular weight is 214 g/mol. The Morgan fingerprint density at radius 2 is 2.29 bits per heavy atom. The fourth-order valence-corrected chi connectivity index (χ4v) is 2.36. The van der Waals surface area contributed by atoms with Crippen LogP contribution in [0.25, 0.3) is 0 Å². The van der Waals surface area contributed by atoms with Crippen molar-refractivity contribution in [2.75, 3.05) is 12.8 Å². The predicted molar refractivity (Wildman–Crippen MR) is 55.0 cm³/mol. The highest BCUT2D eigenvalue weighted by molar-refractivity contribution is 8.00. The molecule has 1 atom stereocenters. The van der Waals surface area contributed by atoms with Crippen LogP contribution in [0.2, 0.25) is 0 Å². The Hall–Kier alpha value is -0.550. The van der Waals surface area contributed by atoms with E-state index in [1.807, 2.05) is 11.8 Å². The molecule has 2 N–H and O–H groups in total. The van der Waals surface area contributed by atoms with E-state index < -0.39 is 0 Å². The molecule has 1 saturated heterocycles. The lowest BCUT2D eigenvalue weighted by Gasteiger charge is -2.15. The van der Waals surface area contributed by atoms with Gasteiger partial charge in [0.25, 0.3) is 0 Å². The minimum absolute atomic E-state index is 0.165. The Morgan fingerprint density at radius 1 is 1.57 bits per heavy atom. The van der Waals surface area contributed by atoms with Crippen LogP contribution in [-0.2, 0) is 9.59 Å². The van der Waals surface area contributed by atoms with Crippen molar-refractivity contribution in [3.8, 4) is 0 Å². The van der Waals surface area contributed by atoms with Gasteiger partial charge in [-0.3, -0.25) is 14.9 Å². The van der Waals surface area contributed by atoms with Crippen LogP contribution >= 0.6 is 11.8 Å². The van der Waals surface area contributed by atoms with E-state index in [1.54, 1.807) is 0 Å². The van der Waals surface area contributed by atoms with E-state index >= 15 is 0 Å². The summed E-state index contributed by atoms with van der Waals surface area (Å²) in [4.78, 5) is 22.1. The molecule has 0 aromatic heterocycles. The van der Waals surface area contributed by atoms with Crippen molar-refractivity contribution in [1.29, 1.82) is 0 Å². The normalized spacial score (nSPS) is 29.1. The Labute approximate surface area is 87.2 Å². The molecular weight excluding hydrogens is 200 g/mol. The summed E-state index contributed by atoms with van der Waals surface area (Å²) in [5.41, 5.74) is 0. The molecule has 1 saturated carbocycles. The van der Waals surface area contributed by atoms with Gasteiger partial charge in [0.15, 0.2) is 0 Å². The largest absolute Gasteiger partial charge is 0.304 e. The molecule has 4 nitrogen and oxygen atoms in total. The van der Waals surface area contributed by atoms with Crippen LogP contribution in [0.4, 0.5) is 0 Å². The highest BCUT2D eigenvalue weighted by atomic mass is 32.2. The molecule has 5 heteroatoms. The first-order valence-corrected chi connectivity index (χ1v) is 6.00. The molecule has 2 aliphatic rings. The molecule has 2 fully saturated rings. The van der Waals surface area contributed by atoms with Gasteiger partial charge in [0.1, 0.15) is 0 Å². The van der Waals surface area contributed by atoms with Crippen molar-refractivity contribution in [1.82, 2.24) is 10.6 Å². The zero-order valence-electron chi connectivity index (χ0n) is 8.13. The van der Waals surface area contributed by atoms with Crippen molar-refractivity contribution < 1.29 is 9.59 Å². The molecule has 0 aromatic rings. The minimum atomic E-state index is -0.299. The maximum Gasteiger partial charge on any atom is 0.244 e. The Kier molecular flexibility index (Phi) is 2.53. The molecule has 0 aromatic carbocycles. The van der Waals surface area contributed by atoms with Gasteiger partial charge in [-0.05, 0) is 19.1 Å². The maximum atomic E-state index is 11.2. The van der Waals surface area contributed by atoms with Gasteiger partial charge < -0.3 is 5.32 Å². The van der Waals surface area contributed by atoms with E-state index in [4.69, 9.17) is 0 Å². The summed E-state index contributed by atoms with van der Waals surface area (Å²) >= 11 is 1.84. The second-order valence-corrected chi connectivity index (χ2v) is 5.21. The molecule has 14 heavy (non-hydrogen) atoms. The van der Waals surface area contributed by atoms with Gasteiger partial charge in [0, 0.05) is 11.3 Å². The SMILES string of the molecule is CSC1(CNC2CC(=O)NC2=O)CC1. The first kappa shape index (κ1) is 9.98. The molecule has 0 spiro atoms. The summed E-state index contributed by atoms with van der Waals surface area (Å²) in [5.74, 6) is -0.339. The van der Waals surface area contributed by atoms with Crippen LogP contribution in [0.3, 0.4) is 0 Å². The summed E-state index contributed by atoms with van der Waals surface area (Å²) in [6.45, 7) is 0.833. The fraction of sp³-hybridized carbons (Fsp3) is 0.778. The Morgan fingerprint density at radius 3 is 2.71 bits per heavy atom. The van der Waals surface area contributed by atoms with E-state index in [0.29, 0.717) is 11.2 Å². The van der Waals surface area contributed by atoms with Crippen molar-refractivity contribution in [2.45, 2.75) is 30.1 Å². The number of rotatable bonds is 4. The standard InChI is InChI=1S/C9H14N2O2S/c1-14-9(2-3-9)5-10-6-4-7(12)11-8(6)13/h6,10H,2-5H2,1H3,(H,11,12,13). The number of carbonyl (C=O) groups excluding carboxylic acids is 2. The number of imide groups is 1. The zero-order chi connectivity index (χ0) is 10.2. The van der Waals surface area contributed by atoms with Crippen LogP contribution in [-0.4, -0.2) is 35.4 Å². The highest BCUT2D eigenvalue weighted by Crippen LogP contribution is 2.46. The third-order valence-electron chi connectivity index (χ3n) is 2.88. The molecule has 1 unspecified atom stereocenters. The lowest BCUT2D eigenvalue weighted by Crippen LogP contribution is -2.40. The summed E-state index contributed by atoms with van der Waals surface area (Å²) in [5, 5.41) is 5.46. The van der Waals surface area contributed by atoms with Crippen molar-refractivity contribution in [3.05, 3.63) is 0 Å². The lowest BCUT2D eigenvalue weighted by atomic mass is 10.2. The minimum Gasteiger partial charge on any atom is -0.304 e. The van der Waals surface area contributed by atoms with Gasteiger partial charge in [-0.1, -0.05) is 0 Å². The first-order chi connectivity index (χ1) is 6.65. The molecule has 0 bridgehead atoms. The summed E-state index contributed by atoms with van der Waals surface area (Å²) in [7, 11) is 0. The van der Waals surface area contributed by atoms with Crippen molar-refractivity contribution in [2.24, 2.45) is 0 Å². The molecule has 1 heterocycles. The average Bonchev–Trinajstić information content (AvgIpc) is 2.86. The third kappa shape index (κ3) is 1.93. The first-order valence-electron chi connectivity index (χ1n) is 4.77. The number of amides is 2. The molecular formula is C9H14N2O2S. The molecule has 2 rings (SSSR count). The van der Waals surface area contributed by atoms with Crippen molar-refractivity contribution in [3.63, 3.8) is 0 Å². The second kappa shape index (κ2) is 3.55.